The molecule has 0 unspecified atom stereocenters. The van der Waals surface area contributed by atoms with E-state index in [0.717, 1.165) is 12.1 Å². The van der Waals surface area contributed by atoms with Gasteiger partial charge in [0.2, 0.25) is 5.91 Å². The van der Waals surface area contributed by atoms with E-state index in [1.165, 1.54) is 18.2 Å². The smallest absolute Gasteiger partial charge is 0.310 e. The van der Waals surface area contributed by atoms with Crippen molar-refractivity contribution in [2.45, 2.75) is 25.3 Å². The summed E-state index contributed by atoms with van der Waals surface area (Å²) < 4.78 is 5.51. The summed E-state index contributed by atoms with van der Waals surface area (Å²) in [7, 11) is 0. The van der Waals surface area contributed by atoms with Crippen molar-refractivity contribution in [2.24, 2.45) is 22.2 Å². The Hall–Kier alpha value is -4.75. The van der Waals surface area contributed by atoms with Crippen LogP contribution in [0, 0.1) is 20.2 Å². The van der Waals surface area contributed by atoms with Crippen molar-refractivity contribution < 1.29 is 24.2 Å². The molecule has 1 atom stereocenters. The van der Waals surface area contributed by atoms with Gasteiger partial charge < -0.3 is 27.3 Å². The van der Waals surface area contributed by atoms with Gasteiger partial charge in [0.25, 0.3) is 11.6 Å². The van der Waals surface area contributed by atoms with Crippen molar-refractivity contribution in [1.82, 2.24) is 5.32 Å². The van der Waals surface area contributed by atoms with Crippen molar-refractivity contribution in [3.63, 3.8) is 0 Å². The summed E-state index contributed by atoms with van der Waals surface area (Å²) >= 11 is 0. The monoisotopic (exact) mass is 487 g/mol. The van der Waals surface area contributed by atoms with Gasteiger partial charge in [-0.3, -0.25) is 34.8 Å². The molecule has 2 aromatic rings. The van der Waals surface area contributed by atoms with E-state index >= 15 is 0 Å². The van der Waals surface area contributed by atoms with Gasteiger partial charge in [-0.05, 0) is 18.9 Å². The zero-order chi connectivity index (χ0) is 26.0. The highest BCUT2D eigenvalue weighted by molar-refractivity contribution is 5.98. The third-order valence-electron chi connectivity index (χ3n) is 4.83. The number of para-hydroxylation sites is 1. The third kappa shape index (κ3) is 7.96. The largest absolute Gasteiger partial charge is 0.486 e. The number of benzene rings is 2. The molecule has 0 aliphatic carbocycles. The lowest BCUT2D eigenvalue weighted by Gasteiger charge is -2.15. The van der Waals surface area contributed by atoms with Crippen LogP contribution in [0.15, 0.2) is 47.5 Å². The van der Waals surface area contributed by atoms with Crippen LogP contribution in [-0.2, 0) is 11.2 Å². The molecule has 0 aliphatic heterocycles. The second kappa shape index (κ2) is 12.5. The fraction of sp³-hybridized carbons (Fsp3) is 0.286. The van der Waals surface area contributed by atoms with Crippen molar-refractivity contribution in [1.29, 1.82) is 0 Å². The highest BCUT2D eigenvalue weighted by Gasteiger charge is 2.22. The van der Waals surface area contributed by atoms with E-state index in [1.54, 1.807) is 12.1 Å². The van der Waals surface area contributed by atoms with E-state index in [9.17, 15) is 29.8 Å². The van der Waals surface area contributed by atoms with Crippen LogP contribution in [0.3, 0.4) is 0 Å². The van der Waals surface area contributed by atoms with Crippen LogP contribution >= 0.6 is 0 Å². The van der Waals surface area contributed by atoms with E-state index in [4.69, 9.17) is 21.9 Å². The molecule has 0 heterocycles. The number of amides is 2. The fourth-order valence-electron chi connectivity index (χ4n) is 3.12. The Morgan fingerprint density at radius 2 is 1.71 bits per heavy atom. The normalized spacial score (nSPS) is 11.2. The minimum absolute atomic E-state index is 0.00762. The number of nitrogens with one attached hydrogen (secondary N) is 1. The number of hydrogen-bond donors (Lipinski definition) is 4. The molecule has 0 saturated carbocycles. The van der Waals surface area contributed by atoms with Gasteiger partial charge in [0.15, 0.2) is 11.7 Å². The van der Waals surface area contributed by atoms with E-state index in [2.05, 4.69) is 10.3 Å². The Morgan fingerprint density at radius 1 is 1.03 bits per heavy atom. The fourth-order valence-corrected chi connectivity index (χ4v) is 3.12. The molecule has 0 bridgehead atoms. The molecule has 0 saturated heterocycles. The molecule has 7 N–H and O–H groups in total. The summed E-state index contributed by atoms with van der Waals surface area (Å²) in [6.45, 7) is 0.114. The quantitative estimate of drug-likeness (QED) is 0.102. The Bertz CT molecular complexity index is 1130. The predicted octanol–water partition coefficient (Wildman–Crippen LogP) is 0.762. The highest BCUT2D eigenvalue weighted by Crippen LogP contribution is 2.29. The number of guanidine groups is 1. The first-order valence-electron chi connectivity index (χ1n) is 10.4. The van der Waals surface area contributed by atoms with Gasteiger partial charge in [0.1, 0.15) is 6.04 Å². The number of hydrogen-bond acceptors (Lipinski definition) is 8. The first-order chi connectivity index (χ1) is 16.6. The van der Waals surface area contributed by atoms with Gasteiger partial charge in [-0.2, -0.15) is 0 Å². The van der Waals surface area contributed by atoms with E-state index in [1.807, 2.05) is 0 Å². The number of nitrogens with zero attached hydrogens (tertiary/aromatic N) is 3. The van der Waals surface area contributed by atoms with Crippen LogP contribution in [0.5, 0.6) is 5.75 Å². The Kier molecular flexibility index (Phi) is 9.45. The number of rotatable bonds is 13. The summed E-state index contributed by atoms with van der Waals surface area (Å²) in [6, 6.07) is 8.48. The number of nitro benzene ring substituents is 2. The Labute approximate surface area is 199 Å². The molecule has 0 spiro atoms. The number of carbonyl (C=O) groups excluding carboxylic acids is 2. The molecule has 14 heteroatoms. The SMILES string of the molecule is NC(=O)[C@H](CCCN=C(N)N)NC(=O)c1ccc([N+](=O)[O-])c(OCCc2ccccc2[N+](=O)[O-])c1. The number of carbonyl (C=O) groups is 2. The number of ether oxygens (including phenoxy) is 1. The lowest BCUT2D eigenvalue weighted by molar-refractivity contribution is -0.386. The molecule has 2 aromatic carbocycles. The number of nitrogens with two attached hydrogens (primary N) is 3. The van der Waals surface area contributed by atoms with Gasteiger partial charge in [-0.15, -0.1) is 0 Å². The lowest BCUT2D eigenvalue weighted by Crippen LogP contribution is -2.44. The summed E-state index contributed by atoms with van der Waals surface area (Å²) in [5, 5.41) is 25.0. The van der Waals surface area contributed by atoms with Crippen LogP contribution in [0.4, 0.5) is 11.4 Å². The van der Waals surface area contributed by atoms with Crippen LogP contribution in [0.1, 0.15) is 28.8 Å². The second-order valence-electron chi connectivity index (χ2n) is 7.30. The molecular weight excluding hydrogens is 462 g/mol. The first-order valence-corrected chi connectivity index (χ1v) is 10.4. The zero-order valence-corrected chi connectivity index (χ0v) is 18.6. The summed E-state index contributed by atoms with van der Waals surface area (Å²) in [4.78, 5) is 49.5. The molecule has 2 amide bonds. The average molecular weight is 487 g/mol. The molecule has 2 rings (SSSR count). The standard InChI is InChI=1S/C21H25N7O7/c22-19(29)15(5-3-10-25-21(23)24)26-20(30)14-7-8-17(28(33)34)18(12-14)35-11-9-13-4-1-2-6-16(13)27(31)32/h1-2,4,6-8,12,15H,3,5,9-11H2,(H2,22,29)(H,26,30)(H4,23,24,25)/t15-/m0/s1. The lowest BCUT2D eigenvalue weighted by atomic mass is 10.1. The van der Waals surface area contributed by atoms with E-state index in [-0.39, 0.29) is 49.0 Å². The topological polar surface area (TPSA) is 232 Å². The summed E-state index contributed by atoms with van der Waals surface area (Å²) in [5.74, 6) is -1.78. The molecule has 0 radical (unpaired) electrons. The van der Waals surface area contributed by atoms with Crippen LogP contribution in [0.25, 0.3) is 0 Å². The minimum Gasteiger partial charge on any atom is -0.486 e. The van der Waals surface area contributed by atoms with Crippen LogP contribution in [0.2, 0.25) is 0 Å². The van der Waals surface area contributed by atoms with Crippen LogP contribution < -0.4 is 27.3 Å². The van der Waals surface area contributed by atoms with Crippen molar-refractivity contribution in [3.05, 3.63) is 73.8 Å². The highest BCUT2D eigenvalue weighted by atomic mass is 16.6. The van der Waals surface area contributed by atoms with Crippen LogP contribution in [-0.4, -0.2) is 46.8 Å². The summed E-state index contributed by atoms with van der Waals surface area (Å²) in [5.41, 5.74) is 15.7. The number of primary amides is 1. The van der Waals surface area contributed by atoms with Gasteiger partial charge >= 0.3 is 5.69 Å². The minimum atomic E-state index is -1.02. The summed E-state index contributed by atoms with van der Waals surface area (Å²) in [6.07, 6.45) is 0.639. The maximum absolute atomic E-state index is 12.7. The maximum atomic E-state index is 12.7. The molecule has 186 valence electrons. The van der Waals surface area contributed by atoms with Crippen molar-refractivity contribution >= 4 is 29.1 Å². The van der Waals surface area contributed by atoms with Gasteiger partial charge in [0, 0.05) is 42.3 Å². The van der Waals surface area contributed by atoms with Crippen molar-refractivity contribution in [3.8, 4) is 5.75 Å². The first kappa shape index (κ1) is 26.5. The van der Waals surface area contributed by atoms with Gasteiger partial charge in [0.05, 0.1) is 16.5 Å². The Balaban J connectivity index is 2.13. The van der Waals surface area contributed by atoms with E-state index < -0.39 is 33.4 Å². The molecule has 14 nitrogen and oxygen atoms in total. The second-order valence-corrected chi connectivity index (χ2v) is 7.30. The number of nitro groups is 2. The number of aliphatic imine (C=N–C) groups is 1. The van der Waals surface area contributed by atoms with Gasteiger partial charge in [-0.25, -0.2) is 0 Å². The zero-order valence-electron chi connectivity index (χ0n) is 18.6. The van der Waals surface area contributed by atoms with Gasteiger partial charge in [-0.1, -0.05) is 18.2 Å². The molecule has 0 aliphatic rings. The Morgan fingerprint density at radius 3 is 2.34 bits per heavy atom. The molecule has 35 heavy (non-hydrogen) atoms. The molecule has 0 aromatic heterocycles. The molecular formula is C21H25N7O7. The third-order valence-corrected chi connectivity index (χ3v) is 4.83. The average Bonchev–Trinajstić information content (AvgIpc) is 2.80. The maximum Gasteiger partial charge on any atom is 0.310 e. The van der Waals surface area contributed by atoms with E-state index in [0.29, 0.717) is 12.0 Å². The molecule has 0 fully saturated rings. The predicted molar refractivity (Wildman–Crippen MR) is 126 cm³/mol. The van der Waals surface area contributed by atoms with Crippen molar-refractivity contribution in [2.75, 3.05) is 13.2 Å².